The van der Waals surface area contributed by atoms with Crippen LogP contribution in [0.2, 0.25) is 0 Å². The van der Waals surface area contributed by atoms with Gasteiger partial charge in [-0.1, -0.05) is 63.8 Å². The van der Waals surface area contributed by atoms with Crippen molar-refractivity contribution in [2.75, 3.05) is 13.2 Å². The van der Waals surface area contributed by atoms with Gasteiger partial charge in [-0.25, -0.2) is 4.79 Å². The third kappa shape index (κ3) is 18.8. The predicted molar refractivity (Wildman–Crippen MR) is 102 cm³/mol. The van der Waals surface area contributed by atoms with Crippen molar-refractivity contribution in [1.82, 2.24) is 0 Å². The summed E-state index contributed by atoms with van der Waals surface area (Å²) in [6, 6.07) is 0. The van der Waals surface area contributed by atoms with E-state index in [0.29, 0.717) is 13.2 Å². The van der Waals surface area contributed by atoms with Crippen LogP contribution in [-0.2, 0) is 9.47 Å². The van der Waals surface area contributed by atoms with E-state index >= 15 is 0 Å². The van der Waals surface area contributed by atoms with Crippen LogP contribution in [0.5, 0.6) is 0 Å². The van der Waals surface area contributed by atoms with Gasteiger partial charge in [0.2, 0.25) is 0 Å². The van der Waals surface area contributed by atoms with Gasteiger partial charge in [-0.15, -0.1) is 0 Å². The first kappa shape index (κ1) is 22.8. The molecule has 24 heavy (non-hydrogen) atoms. The molecule has 0 aliphatic heterocycles. The van der Waals surface area contributed by atoms with Gasteiger partial charge in [0.25, 0.3) is 0 Å². The first-order valence-corrected chi connectivity index (χ1v) is 9.90. The Balaban J connectivity index is 3.29. The zero-order chi connectivity index (χ0) is 17.7. The molecule has 140 valence electrons. The molecule has 0 spiro atoms. The highest BCUT2D eigenvalue weighted by atomic mass is 16.7. The van der Waals surface area contributed by atoms with E-state index in [4.69, 9.17) is 9.47 Å². The Labute approximate surface area is 149 Å². The molecule has 0 aromatic rings. The van der Waals surface area contributed by atoms with Crippen LogP contribution in [-0.4, -0.2) is 19.4 Å². The van der Waals surface area contributed by atoms with Crippen molar-refractivity contribution in [2.45, 2.75) is 90.9 Å². The van der Waals surface area contributed by atoms with E-state index in [1.807, 2.05) is 0 Å². The summed E-state index contributed by atoms with van der Waals surface area (Å²) in [4.78, 5) is 11.4. The van der Waals surface area contributed by atoms with Crippen LogP contribution < -0.4 is 0 Å². The fourth-order valence-corrected chi connectivity index (χ4v) is 2.25. The SMILES string of the molecule is CCCCC/C=C\CCCOC(=O)OCCC/C=C\CCCCC. The van der Waals surface area contributed by atoms with E-state index in [2.05, 4.69) is 38.2 Å². The van der Waals surface area contributed by atoms with E-state index in [1.54, 1.807) is 0 Å². The second-order valence-electron chi connectivity index (χ2n) is 6.17. The van der Waals surface area contributed by atoms with Gasteiger partial charge in [-0.05, 0) is 51.4 Å². The third-order valence-electron chi connectivity index (χ3n) is 3.75. The van der Waals surface area contributed by atoms with Crippen molar-refractivity contribution < 1.29 is 14.3 Å². The summed E-state index contributed by atoms with van der Waals surface area (Å²) >= 11 is 0. The van der Waals surface area contributed by atoms with Gasteiger partial charge in [-0.2, -0.15) is 0 Å². The van der Waals surface area contributed by atoms with Gasteiger partial charge in [-0.3, -0.25) is 0 Å². The largest absolute Gasteiger partial charge is 0.508 e. The van der Waals surface area contributed by atoms with Gasteiger partial charge >= 0.3 is 6.16 Å². The lowest BCUT2D eigenvalue weighted by Gasteiger charge is -2.04. The highest BCUT2D eigenvalue weighted by Crippen LogP contribution is 2.03. The van der Waals surface area contributed by atoms with Gasteiger partial charge in [0.05, 0.1) is 13.2 Å². The molecule has 0 fully saturated rings. The van der Waals surface area contributed by atoms with Crippen LogP contribution in [0.4, 0.5) is 4.79 Å². The lowest BCUT2D eigenvalue weighted by Crippen LogP contribution is -2.09. The monoisotopic (exact) mass is 338 g/mol. The normalized spacial score (nSPS) is 11.4. The number of unbranched alkanes of at least 4 members (excludes halogenated alkanes) is 8. The number of carbonyl (C=O) groups is 1. The number of rotatable bonds is 16. The van der Waals surface area contributed by atoms with Gasteiger partial charge in [0, 0.05) is 0 Å². The summed E-state index contributed by atoms with van der Waals surface area (Å²) in [6.07, 6.45) is 21.9. The molecule has 0 saturated heterocycles. The standard InChI is InChI=1S/C21H38O3/c1-3-5-7-9-11-13-15-17-19-23-21(22)24-20-18-16-14-12-10-8-6-4-2/h11-14H,3-10,15-20H2,1-2H3/b13-11-,14-12-. The van der Waals surface area contributed by atoms with Gasteiger partial charge < -0.3 is 9.47 Å². The molecule has 0 aliphatic rings. The first-order valence-electron chi connectivity index (χ1n) is 9.90. The van der Waals surface area contributed by atoms with Crippen molar-refractivity contribution in [3.63, 3.8) is 0 Å². The quantitative estimate of drug-likeness (QED) is 0.173. The molecule has 0 aromatic heterocycles. The Kier molecular flexibility index (Phi) is 18.8. The molecule has 3 heteroatoms. The van der Waals surface area contributed by atoms with Crippen molar-refractivity contribution >= 4 is 6.16 Å². The summed E-state index contributed by atoms with van der Waals surface area (Å²) in [6.45, 7) is 5.31. The van der Waals surface area contributed by atoms with Crippen molar-refractivity contribution in [2.24, 2.45) is 0 Å². The number of carbonyl (C=O) groups excluding carboxylic acids is 1. The van der Waals surface area contributed by atoms with E-state index in [9.17, 15) is 4.79 Å². The molecule has 0 radical (unpaired) electrons. The molecular formula is C21H38O3. The van der Waals surface area contributed by atoms with E-state index in [-0.39, 0.29) is 0 Å². The minimum absolute atomic E-state index is 0.440. The van der Waals surface area contributed by atoms with Gasteiger partial charge in [0.1, 0.15) is 0 Å². The number of allylic oxidation sites excluding steroid dienone is 4. The summed E-state index contributed by atoms with van der Waals surface area (Å²) in [5.74, 6) is 0. The van der Waals surface area contributed by atoms with E-state index in [0.717, 1.165) is 38.5 Å². The molecule has 0 amide bonds. The molecule has 3 nitrogen and oxygen atoms in total. The summed E-state index contributed by atoms with van der Waals surface area (Å²) in [5, 5.41) is 0. The molecule has 0 rings (SSSR count). The van der Waals surface area contributed by atoms with Crippen LogP contribution in [0.25, 0.3) is 0 Å². The van der Waals surface area contributed by atoms with Crippen LogP contribution in [0.15, 0.2) is 24.3 Å². The van der Waals surface area contributed by atoms with Crippen molar-refractivity contribution in [1.29, 1.82) is 0 Å². The minimum atomic E-state index is -0.533. The predicted octanol–water partition coefficient (Wildman–Crippen LogP) is 6.97. The van der Waals surface area contributed by atoms with Crippen LogP contribution in [0.1, 0.15) is 90.9 Å². The van der Waals surface area contributed by atoms with Crippen molar-refractivity contribution in [3.05, 3.63) is 24.3 Å². The summed E-state index contributed by atoms with van der Waals surface area (Å²) < 4.78 is 10.1. The van der Waals surface area contributed by atoms with Crippen LogP contribution >= 0.6 is 0 Å². The number of hydrogen-bond acceptors (Lipinski definition) is 3. The smallest absolute Gasteiger partial charge is 0.434 e. The average molecular weight is 339 g/mol. The number of ether oxygens (including phenoxy) is 2. The molecular weight excluding hydrogens is 300 g/mol. The Morgan fingerprint density at radius 2 is 1.00 bits per heavy atom. The molecule has 0 saturated carbocycles. The maximum Gasteiger partial charge on any atom is 0.508 e. The van der Waals surface area contributed by atoms with Crippen molar-refractivity contribution in [3.8, 4) is 0 Å². The zero-order valence-electron chi connectivity index (χ0n) is 15.9. The molecule has 0 heterocycles. The average Bonchev–Trinajstić information content (AvgIpc) is 2.59. The second-order valence-corrected chi connectivity index (χ2v) is 6.17. The van der Waals surface area contributed by atoms with Crippen LogP contribution in [0.3, 0.4) is 0 Å². The molecule has 0 aromatic carbocycles. The lowest BCUT2D eigenvalue weighted by atomic mass is 10.2. The highest BCUT2D eigenvalue weighted by molar-refractivity contribution is 5.59. The fraction of sp³-hybridized carbons (Fsp3) is 0.762. The Morgan fingerprint density at radius 3 is 1.38 bits per heavy atom. The Morgan fingerprint density at radius 1 is 0.625 bits per heavy atom. The summed E-state index contributed by atoms with van der Waals surface area (Å²) in [7, 11) is 0. The van der Waals surface area contributed by atoms with Gasteiger partial charge in [0.15, 0.2) is 0 Å². The summed E-state index contributed by atoms with van der Waals surface area (Å²) in [5.41, 5.74) is 0. The molecule has 0 atom stereocenters. The second kappa shape index (κ2) is 19.8. The van der Waals surface area contributed by atoms with E-state index in [1.165, 1.54) is 38.5 Å². The topological polar surface area (TPSA) is 35.5 Å². The third-order valence-corrected chi connectivity index (χ3v) is 3.75. The van der Waals surface area contributed by atoms with Crippen LogP contribution in [0, 0.1) is 0 Å². The van der Waals surface area contributed by atoms with E-state index < -0.39 is 6.16 Å². The first-order chi connectivity index (χ1) is 11.8. The fourth-order valence-electron chi connectivity index (χ4n) is 2.25. The number of hydrogen-bond donors (Lipinski definition) is 0. The molecule has 0 aliphatic carbocycles. The molecule has 0 N–H and O–H groups in total. The highest BCUT2D eigenvalue weighted by Gasteiger charge is 2.01. The molecule has 0 bridgehead atoms. The minimum Gasteiger partial charge on any atom is -0.434 e. The maximum atomic E-state index is 11.4. The molecule has 0 unspecified atom stereocenters. The maximum absolute atomic E-state index is 11.4. The Hall–Kier alpha value is -1.25. The lowest BCUT2D eigenvalue weighted by molar-refractivity contribution is 0.0541. The Bertz CT molecular complexity index is 291. The zero-order valence-corrected chi connectivity index (χ0v) is 15.9.